The zero-order valence-electron chi connectivity index (χ0n) is 16.7. The minimum absolute atomic E-state index is 0.427. The Labute approximate surface area is 177 Å². The van der Waals surface area contributed by atoms with E-state index >= 15 is 0 Å². The average Bonchev–Trinajstić information content (AvgIpc) is 3.04. The third kappa shape index (κ3) is 5.10. The van der Waals surface area contributed by atoms with Gasteiger partial charge in [-0.25, -0.2) is 4.99 Å². The molecule has 1 saturated heterocycles. The molecule has 0 aliphatic carbocycles. The molecule has 2 aromatic carbocycles. The highest BCUT2D eigenvalue weighted by Crippen LogP contribution is 2.31. The lowest BCUT2D eigenvalue weighted by Crippen LogP contribution is -2.38. The number of thioether (sulfide) groups is 1. The van der Waals surface area contributed by atoms with Crippen LogP contribution in [0, 0.1) is 17.2 Å². The molecule has 1 heterocycles. The molecule has 1 aliphatic rings. The van der Waals surface area contributed by atoms with Gasteiger partial charge in [0.1, 0.15) is 0 Å². The molecule has 3 nitrogen and oxygen atoms in total. The Hall–Kier alpha value is -1.96. The Morgan fingerprint density at radius 1 is 1.25 bits per heavy atom. The highest BCUT2D eigenvalue weighted by Gasteiger charge is 2.30. The number of aryl methyl sites for hydroxylation is 1. The second kappa shape index (κ2) is 9.49. The van der Waals surface area contributed by atoms with Gasteiger partial charge in [0, 0.05) is 23.4 Å². The maximum atomic E-state index is 9.16. The first-order valence-electron chi connectivity index (χ1n) is 9.75. The van der Waals surface area contributed by atoms with Crippen LogP contribution in [0.25, 0.3) is 0 Å². The van der Waals surface area contributed by atoms with E-state index in [1.54, 1.807) is 0 Å². The predicted octanol–water partition coefficient (Wildman–Crippen LogP) is 6.08. The van der Waals surface area contributed by atoms with E-state index in [1.165, 1.54) is 5.56 Å². The van der Waals surface area contributed by atoms with Crippen LogP contribution in [0.1, 0.15) is 37.5 Å². The summed E-state index contributed by atoms with van der Waals surface area (Å²) in [6, 6.07) is 16.6. The summed E-state index contributed by atoms with van der Waals surface area (Å²) in [6.07, 6.45) is 1.86. The first-order valence-corrected chi connectivity index (χ1v) is 11.1. The van der Waals surface area contributed by atoms with Crippen LogP contribution in [0.2, 0.25) is 5.02 Å². The van der Waals surface area contributed by atoms with Gasteiger partial charge < -0.3 is 4.90 Å². The molecule has 146 valence electrons. The van der Waals surface area contributed by atoms with Crippen LogP contribution in [-0.2, 0) is 12.8 Å². The van der Waals surface area contributed by atoms with Gasteiger partial charge in [-0.3, -0.25) is 0 Å². The number of nitriles is 1. The Morgan fingerprint density at radius 3 is 2.64 bits per heavy atom. The van der Waals surface area contributed by atoms with E-state index in [0.717, 1.165) is 46.6 Å². The third-order valence-corrected chi connectivity index (χ3v) is 6.23. The van der Waals surface area contributed by atoms with Gasteiger partial charge in [-0.15, -0.1) is 0 Å². The predicted molar refractivity (Wildman–Crippen MR) is 121 cm³/mol. The van der Waals surface area contributed by atoms with Crippen LogP contribution < -0.4 is 0 Å². The molecule has 0 unspecified atom stereocenters. The van der Waals surface area contributed by atoms with Gasteiger partial charge in [0.2, 0.25) is 0 Å². The molecule has 0 bridgehead atoms. The number of aliphatic imine (C=N–C) groups is 1. The van der Waals surface area contributed by atoms with Crippen molar-refractivity contribution in [3.8, 4) is 6.07 Å². The summed E-state index contributed by atoms with van der Waals surface area (Å²) in [5.41, 5.74) is 4.10. The number of halogens is 1. The molecule has 1 atom stereocenters. The van der Waals surface area contributed by atoms with Crippen molar-refractivity contribution < 1.29 is 0 Å². The second-order valence-corrected chi connectivity index (χ2v) is 8.97. The Bertz CT molecular complexity index is 884. The van der Waals surface area contributed by atoms with E-state index in [4.69, 9.17) is 21.9 Å². The van der Waals surface area contributed by atoms with Crippen LogP contribution in [0.15, 0.2) is 47.5 Å². The summed E-state index contributed by atoms with van der Waals surface area (Å²) >= 11 is 7.87. The number of hydrogen-bond donors (Lipinski definition) is 0. The number of benzene rings is 2. The van der Waals surface area contributed by atoms with Crippen molar-refractivity contribution in [2.24, 2.45) is 10.9 Å². The Balaban J connectivity index is 1.87. The van der Waals surface area contributed by atoms with Gasteiger partial charge in [0.25, 0.3) is 0 Å². The van der Waals surface area contributed by atoms with E-state index in [-0.39, 0.29) is 0 Å². The number of nitrogens with zero attached hydrogens (tertiary/aromatic N) is 3. The van der Waals surface area contributed by atoms with Crippen LogP contribution in [-0.4, -0.2) is 28.4 Å². The van der Waals surface area contributed by atoms with Crippen LogP contribution >= 0.6 is 23.4 Å². The molecule has 28 heavy (non-hydrogen) atoms. The summed E-state index contributed by atoms with van der Waals surface area (Å²) in [5.74, 6) is 1.59. The standard InChI is InChI=1S/C23H26ClN3S/c1-4-19-11-18(13-25)7-10-22(19)26-23-27(14-16(2)3)21(15-28-23)12-17-5-8-20(24)9-6-17/h5-11,16,21H,4,12,14-15H2,1-3H3/t21-/m0/s1. The first-order chi connectivity index (χ1) is 13.5. The topological polar surface area (TPSA) is 39.4 Å². The van der Waals surface area contributed by atoms with Gasteiger partial charge in [0.05, 0.1) is 17.3 Å². The summed E-state index contributed by atoms with van der Waals surface area (Å²) in [5, 5.41) is 11.0. The van der Waals surface area contributed by atoms with Crippen molar-refractivity contribution in [3.63, 3.8) is 0 Å². The van der Waals surface area contributed by atoms with Crippen molar-refractivity contribution in [2.45, 2.75) is 39.7 Å². The molecule has 0 aromatic heterocycles. The summed E-state index contributed by atoms with van der Waals surface area (Å²) < 4.78 is 0. The zero-order valence-corrected chi connectivity index (χ0v) is 18.2. The lowest BCUT2D eigenvalue weighted by atomic mass is 10.1. The Kier molecular flexibility index (Phi) is 7.04. The summed E-state index contributed by atoms with van der Waals surface area (Å²) in [6.45, 7) is 7.59. The van der Waals surface area contributed by atoms with Gasteiger partial charge in [-0.05, 0) is 60.2 Å². The summed E-state index contributed by atoms with van der Waals surface area (Å²) in [7, 11) is 0. The fourth-order valence-corrected chi connectivity index (χ4v) is 4.75. The van der Waals surface area contributed by atoms with Gasteiger partial charge in [0.15, 0.2) is 5.17 Å². The molecule has 0 spiro atoms. The van der Waals surface area contributed by atoms with E-state index < -0.39 is 0 Å². The number of hydrogen-bond acceptors (Lipinski definition) is 3. The largest absolute Gasteiger partial charge is 0.347 e. The fourth-order valence-electron chi connectivity index (χ4n) is 3.43. The van der Waals surface area contributed by atoms with E-state index in [2.05, 4.69) is 43.9 Å². The normalized spacial score (nSPS) is 18.1. The van der Waals surface area contributed by atoms with E-state index in [0.29, 0.717) is 17.5 Å². The molecule has 1 aliphatic heterocycles. The molecule has 3 rings (SSSR count). The van der Waals surface area contributed by atoms with Crippen molar-refractivity contribution in [1.82, 2.24) is 4.90 Å². The second-order valence-electron chi connectivity index (χ2n) is 7.54. The fraction of sp³-hybridized carbons (Fsp3) is 0.391. The quantitative estimate of drug-likeness (QED) is 0.578. The lowest BCUT2D eigenvalue weighted by Gasteiger charge is -2.28. The first kappa shape index (κ1) is 20.8. The van der Waals surface area contributed by atoms with Crippen LogP contribution in [0.3, 0.4) is 0 Å². The van der Waals surface area contributed by atoms with Crippen molar-refractivity contribution in [2.75, 3.05) is 12.3 Å². The zero-order chi connectivity index (χ0) is 20.1. The highest BCUT2D eigenvalue weighted by molar-refractivity contribution is 8.14. The van der Waals surface area contributed by atoms with Gasteiger partial charge >= 0.3 is 0 Å². The van der Waals surface area contributed by atoms with Gasteiger partial charge in [-0.2, -0.15) is 5.26 Å². The highest BCUT2D eigenvalue weighted by atomic mass is 35.5. The SMILES string of the molecule is CCc1cc(C#N)ccc1N=C1SC[C@H](Cc2ccc(Cl)cc2)N1CC(C)C. The smallest absolute Gasteiger partial charge is 0.164 e. The maximum Gasteiger partial charge on any atom is 0.164 e. The molecule has 2 aromatic rings. The maximum absolute atomic E-state index is 9.16. The van der Waals surface area contributed by atoms with Crippen LogP contribution in [0.4, 0.5) is 5.69 Å². The van der Waals surface area contributed by atoms with Gasteiger partial charge in [-0.1, -0.05) is 56.3 Å². The van der Waals surface area contributed by atoms with E-state index in [1.807, 2.05) is 42.1 Å². The number of rotatable bonds is 6. The molecule has 5 heteroatoms. The average molecular weight is 412 g/mol. The van der Waals surface area contributed by atoms with Crippen molar-refractivity contribution in [3.05, 3.63) is 64.2 Å². The molecular formula is C23H26ClN3S. The van der Waals surface area contributed by atoms with Crippen molar-refractivity contribution >= 4 is 34.2 Å². The molecule has 0 N–H and O–H groups in total. The van der Waals surface area contributed by atoms with Crippen molar-refractivity contribution in [1.29, 1.82) is 5.26 Å². The molecule has 1 fully saturated rings. The number of amidine groups is 1. The minimum atomic E-state index is 0.427. The third-order valence-electron chi connectivity index (χ3n) is 4.84. The lowest BCUT2D eigenvalue weighted by molar-refractivity contribution is 0.311. The molecule has 0 amide bonds. The molecule has 0 radical (unpaired) electrons. The van der Waals surface area contributed by atoms with Crippen LogP contribution in [0.5, 0.6) is 0 Å². The molecular weight excluding hydrogens is 386 g/mol. The Morgan fingerprint density at radius 2 is 2.00 bits per heavy atom. The summed E-state index contributed by atoms with van der Waals surface area (Å²) in [4.78, 5) is 7.48. The monoisotopic (exact) mass is 411 g/mol. The molecule has 0 saturated carbocycles. The minimum Gasteiger partial charge on any atom is -0.347 e. The van der Waals surface area contributed by atoms with E-state index in [9.17, 15) is 0 Å².